The van der Waals surface area contributed by atoms with Crippen molar-refractivity contribution in [2.45, 2.75) is 46.6 Å². The van der Waals surface area contributed by atoms with Crippen molar-refractivity contribution in [2.75, 3.05) is 0 Å². The molecule has 1 amide bonds. The van der Waals surface area contributed by atoms with Crippen molar-refractivity contribution in [3.63, 3.8) is 0 Å². The van der Waals surface area contributed by atoms with Crippen molar-refractivity contribution in [1.82, 2.24) is 5.32 Å². The highest BCUT2D eigenvalue weighted by Gasteiger charge is 2.12. The van der Waals surface area contributed by atoms with Gasteiger partial charge >= 0.3 is 0 Å². The lowest BCUT2D eigenvalue weighted by Crippen LogP contribution is -2.29. The molecule has 0 saturated heterocycles. The molecule has 0 spiro atoms. The molecular formula is C12H19NOS. The van der Waals surface area contributed by atoms with Gasteiger partial charge in [0.05, 0.1) is 4.88 Å². The first-order valence-corrected chi connectivity index (χ1v) is 6.26. The Hall–Kier alpha value is -0.830. The number of hydrogen-bond acceptors (Lipinski definition) is 2. The first-order chi connectivity index (χ1) is 7.04. The van der Waals surface area contributed by atoms with Crippen LogP contribution in [0.2, 0.25) is 0 Å². The summed E-state index contributed by atoms with van der Waals surface area (Å²) >= 11 is 1.59. The van der Waals surface area contributed by atoms with Gasteiger partial charge in [-0.15, -0.1) is 11.3 Å². The van der Waals surface area contributed by atoms with E-state index in [1.807, 2.05) is 19.9 Å². The van der Waals surface area contributed by atoms with E-state index in [0.29, 0.717) is 0 Å². The number of rotatable bonds is 4. The van der Waals surface area contributed by atoms with Crippen LogP contribution in [0.3, 0.4) is 0 Å². The van der Waals surface area contributed by atoms with E-state index in [2.05, 4.69) is 19.2 Å². The molecule has 1 aromatic rings. The van der Waals surface area contributed by atoms with Crippen LogP contribution in [-0.4, -0.2) is 11.9 Å². The van der Waals surface area contributed by atoms with Crippen LogP contribution in [0.25, 0.3) is 0 Å². The summed E-state index contributed by atoms with van der Waals surface area (Å²) in [6.45, 7) is 8.20. The van der Waals surface area contributed by atoms with Gasteiger partial charge in [-0.05, 0) is 38.8 Å². The van der Waals surface area contributed by atoms with Crippen molar-refractivity contribution in [3.8, 4) is 0 Å². The maximum atomic E-state index is 11.7. The minimum Gasteiger partial charge on any atom is -0.349 e. The molecule has 1 N–H and O–H groups in total. The Balaban J connectivity index is 2.78. The van der Waals surface area contributed by atoms with Gasteiger partial charge < -0.3 is 5.32 Å². The van der Waals surface area contributed by atoms with Crippen molar-refractivity contribution >= 4 is 17.2 Å². The van der Waals surface area contributed by atoms with E-state index in [-0.39, 0.29) is 11.9 Å². The zero-order valence-electron chi connectivity index (χ0n) is 9.89. The van der Waals surface area contributed by atoms with Crippen molar-refractivity contribution < 1.29 is 4.79 Å². The minimum absolute atomic E-state index is 0.0560. The molecular weight excluding hydrogens is 206 g/mol. The molecule has 0 unspecified atom stereocenters. The summed E-state index contributed by atoms with van der Waals surface area (Å²) in [7, 11) is 0. The second-order valence-corrected chi connectivity index (χ2v) is 5.33. The third-order valence-corrected chi connectivity index (χ3v) is 3.28. The summed E-state index contributed by atoms with van der Waals surface area (Å²) in [6, 6.07) is 2.23. The van der Waals surface area contributed by atoms with Crippen LogP contribution in [-0.2, 0) is 6.42 Å². The SMILES string of the molecule is CCCc1cc(C(=O)NC(C)C)sc1C. The number of carbonyl (C=O) groups excluding carboxylic acids is 1. The van der Waals surface area contributed by atoms with Gasteiger partial charge in [-0.1, -0.05) is 13.3 Å². The maximum absolute atomic E-state index is 11.7. The van der Waals surface area contributed by atoms with E-state index in [1.165, 1.54) is 10.4 Å². The molecule has 0 saturated carbocycles. The molecule has 2 nitrogen and oxygen atoms in total. The number of hydrogen-bond donors (Lipinski definition) is 1. The van der Waals surface area contributed by atoms with Crippen molar-refractivity contribution in [2.24, 2.45) is 0 Å². The average Bonchev–Trinajstić information content (AvgIpc) is 2.47. The zero-order valence-corrected chi connectivity index (χ0v) is 10.7. The normalized spacial score (nSPS) is 10.7. The first-order valence-electron chi connectivity index (χ1n) is 5.44. The molecule has 0 fully saturated rings. The molecule has 0 radical (unpaired) electrons. The standard InChI is InChI=1S/C12H19NOS/c1-5-6-10-7-11(15-9(10)4)12(14)13-8(2)3/h7-8H,5-6H2,1-4H3,(H,13,14). The van der Waals surface area contributed by atoms with Gasteiger partial charge in [0.25, 0.3) is 5.91 Å². The summed E-state index contributed by atoms with van der Waals surface area (Å²) in [5, 5.41) is 2.91. The van der Waals surface area contributed by atoms with Gasteiger partial charge in [-0.2, -0.15) is 0 Å². The Kier molecular flexibility index (Phi) is 4.33. The summed E-state index contributed by atoms with van der Waals surface area (Å²) in [5.41, 5.74) is 1.32. The van der Waals surface area contributed by atoms with E-state index in [1.54, 1.807) is 11.3 Å². The number of aryl methyl sites for hydroxylation is 2. The Bertz CT molecular complexity index is 341. The highest BCUT2D eigenvalue weighted by molar-refractivity contribution is 7.14. The van der Waals surface area contributed by atoms with E-state index in [0.717, 1.165) is 17.7 Å². The molecule has 1 aromatic heterocycles. The van der Waals surface area contributed by atoms with Crippen LogP contribution < -0.4 is 5.32 Å². The Morgan fingerprint density at radius 2 is 2.20 bits per heavy atom. The molecule has 0 aliphatic heterocycles. The van der Waals surface area contributed by atoms with Crippen LogP contribution in [0.4, 0.5) is 0 Å². The largest absolute Gasteiger partial charge is 0.349 e. The van der Waals surface area contributed by atoms with Gasteiger partial charge in [0.15, 0.2) is 0 Å². The molecule has 0 atom stereocenters. The number of nitrogens with one attached hydrogen (secondary N) is 1. The van der Waals surface area contributed by atoms with Crippen LogP contribution in [0.5, 0.6) is 0 Å². The zero-order chi connectivity index (χ0) is 11.4. The quantitative estimate of drug-likeness (QED) is 0.838. The predicted octanol–water partition coefficient (Wildman–Crippen LogP) is 3.15. The highest BCUT2D eigenvalue weighted by Crippen LogP contribution is 2.22. The highest BCUT2D eigenvalue weighted by atomic mass is 32.1. The summed E-state index contributed by atoms with van der Waals surface area (Å²) in [6.07, 6.45) is 2.19. The van der Waals surface area contributed by atoms with Crippen LogP contribution in [0.1, 0.15) is 47.3 Å². The van der Waals surface area contributed by atoms with E-state index in [9.17, 15) is 4.79 Å². The van der Waals surface area contributed by atoms with E-state index >= 15 is 0 Å². The van der Waals surface area contributed by atoms with Crippen LogP contribution in [0.15, 0.2) is 6.07 Å². The Labute approximate surface area is 95.7 Å². The molecule has 1 heterocycles. The molecule has 84 valence electrons. The smallest absolute Gasteiger partial charge is 0.261 e. The summed E-state index contributed by atoms with van der Waals surface area (Å²) in [5.74, 6) is 0.0560. The maximum Gasteiger partial charge on any atom is 0.261 e. The summed E-state index contributed by atoms with van der Waals surface area (Å²) < 4.78 is 0. The topological polar surface area (TPSA) is 29.1 Å². The fraction of sp³-hybridized carbons (Fsp3) is 0.583. The number of carbonyl (C=O) groups is 1. The van der Waals surface area contributed by atoms with Gasteiger partial charge in [0, 0.05) is 10.9 Å². The molecule has 0 aromatic carbocycles. The lowest BCUT2D eigenvalue weighted by molar-refractivity contribution is 0.0947. The van der Waals surface area contributed by atoms with Crippen LogP contribution >= 0.6 is 11.3 Å². The lowest BCUT2D eigenvalue weighted by Gasteiger charge is -2.05. The Morgan fingerprint density at radius 3 is 2.73 bits per heavy atom. The Morgan fingerprint density at radius 1 is 1.53 bits per heavy atom. The fourth-order valence-corrected chi connectivity index (χ4v) is 2.46. The minimum atomic E-state index is 0.0560. The molecule has 0 aliphatic carbocycles. The fourth-order valence-electron chi connectivity index (χ4n) is 1.48. The monoisotopic (exact) mass is 225 g/mol. The van der Waals surface area contributed by atoms with Gasteiger partial charge in [-0.25, -0.2) is 0 Å². The van der Waals surface area contributed by atoms with Crippen molar-refractivity contribution in [1.29, 1.82) is 0 Å². The number of amides is 1. The van der Waals surface area contributed by atoms with Crippen LogP contribution in [0, 0.1) is 6.92 Å². The third kappa shape index (κ3) is 3.34. The third-order valence-electron chi connectivity index (χ3n) is 2.18. The molecule has 0 bridgehead atoms. The number of thiophene rings is 1. The van der Waals surface area contributed by atoms with Gasteiger partial charge in [0.2, 0.25) is 0 Å². The van der Waals surface area contributed by atoms with E-state index < -0.39 is 0 Å². The molecule has 15 heavy (non-hydrogen) atoms. The average molecular weight is 225 g/mol. The second kappa shape index (κ2) is 5.31. The molecule has 1 rings (SSSR count). The van der Waals surface area contributed by atoms with Crippen molar-refractivity contribution in [3.05, 3.63) is 21.4 Å². The molecule has 0 aliphatic rings. The van der Waals surface area contributed by atoms with E-state index in [4.69, 9.17) is 0 Å². The summed E-state index contributed by atoms with van der Waals surface area (Å²) in [4.78, 5) is 13.8. The van der Waals surface area contributed by atoms with Gasteiger partial charge in [-0.3, -0.25) is 4.79 Å². The first kappa shape index (κ1) is 12.2. The second-order valence-electron chi connectivity index (χ2n) is 4.07. The lowest BCUT2D eigenvalue weighted by atomic mass is 10.1. The predicted molar refractivity (Wildman–Crippen MR) is 65.7 cm³/mol. The van der Waals surface area contributed by atoms with Gasteiger partial charge in [0.1, 0.15) is 0 Å². The molecule has 3 heteroatoms.